The van der Waals surface area contributed by atoms with Crippen molar-refractivity contribution in [3.63, 3.8) is 0 Å². The highest BCUT2D eigenvalue weighted by molar-refractivity contribution is 5.46. The minimum atomic E-state index is -0.856. The third-order valence-electron chi connectivity index (χ3n) is 4.80. The minimum absolute atomic E-state index is 0.633. The number of benzene rings is 2. The quantitative estimate of drug-likeness (QED) is 0.701. The van der Waals surface area contributed by atoms with Crippen molar-refractivity contribution in [3.8, 4) is 11.5 Å². The summed E-state index contributed by atoms with van der Waals surface area (Å²) in [5.41, 5.74) is 1.17. The monoisotopic (exact) mass is 357 g/mol. The summed E-state index contributed by atoms with van der Waals surface area (Å²) in [6, 6.07) is 15.9. The Bertz CT molecular complexity index is 672. The molecule has 2 aromatic carbocycles. The Morgan fingerprint density at radius 1 is 0.923 bits per heavy atom. The zero-order valence-electron chi connectivity index (χ0n) is 16.4. The molecule has 0 heterocycles. The Hall–Kier alpha value is -2.04. The molecule has 142 valence electrons. The summed E-state index contributed by atoms with van der Waals surface area (Å²) >= 11 is 0. The average Bonchev–Trinajstić information content (AvgIpc) is 2.66. The van der Waals surface area contributed by atoms with Gasteiger partial charge in [-0.05, 0) is 63.5 Å². The lowest BCUT2D eigenvalue weighted by Crippen LogP contribution is -2.28. The first kappa shape index (κ1) is 20.3. The lowest BCUT2D eigenvalue weighted by atomic mass is 9.83. The van der Waals surface area contributed by atoms with Gasteiger partial charge in [-0.3, -0.25) is 0 Å². The van der Waals surface area contributed by atoms with Gasteiger partial charge in [0, 0.05) is 0 Å². The van der Waals surface area contributed by atoms with E-state index in [0.717, 1.165) is 42.0 Å². The molecule has 0 radical (unpaired) electrons. The molecule has 0 fully saturated rings. The third kappa shape index (κ3) is 5.23. The number of hydrogen-bond acceptors (Lipinski definition) is 4. The third-order valence-corrected chi connectivity index (χ3v) is 4.80. The standard InChI is InChI=1S/C22H31NO3/c1-23(2)17-9-15-22(24,19-11-6-5-7-12-19)16-14-18-10-8-13-20(25-3)21(18)26-4/h5-8,10-13,24H,9,14-17H2,1-4H3. The van der Waals surface area contributed by atoms with Gasteiger partial charge < -0.3 is 19.5 Å². The van der Waals surface area contributed by atoms with Crippen molar-refractivity contribution in [1.29, 1.82) is 0 Å². The summed E-state index contributed by atoms with van der Waals surface area (Å²) in [5, 5.41) is 11.5. The molecule has 0 aliphatic rings. The van der Waals surface area contributed by atoms with Crippen molar-refractivity contribution < 1.29 is 14.6 Å². The van der Waals surface area contributed by atoms with Crippen molar-refractivity contribution in [2.75, 3.05) is 34.9 Å². The predicted molar refractivity (Wildman–Crippen MR) is 106 cm³/mol. The van der Waals surface area contributed by atoms with Crippen LogP contribution in [0.1, 0.15) is 30.4 Å². The van der Waals surface area contributed by atoms with Gasteiger partial charge in [-0.15, -0.1) is 0 Å². The van der Waals surface area contributed by atoms with Crippen LogP contribution >= 0.6 is 0 Å². The number of hydrogen-bond donors (Lipinski definition) is 1. The topological polar surface area (TPSA) is 41.9 Å². The molecule has 0 bridgehead atoms. The van der Waals surface area contributed by atoms with Crippen LogP contribution in [0.25, 0.3) is 0 Å². The van der Waals surface area contributed by atoms with Crippen molar-refractivity contribution in [2.24, 2.45) is 0 Å². The number of methoxy groups -OCH3 is 2. The van der Waals surface area contributed by atoms with Gasteiger partial charge in [0.15, 0.2) is 11.5 Å². The van der Waals surface area contributed by atoms with Gasteiger partial charge in [0.25, 0.3) is 0 Å². The molecule has 0 amide bonds. The molecule has 1 atom stereocenters. The summed E-state index contributed by atoms with van der Waals surface area (Å²) in [6.07, 6.45) is 3.01. The molecule has 0 aliphatic carbocycles. The fourth-order valence-corrected chi connectivity index (χ4v) is 3.34. The highest BCUT2D eigenvalue weighted by Crippen LogP contribution is 2.36. The van der Waals surface area contributed by atoms with E-state index in [1.54, 1.807) is 14.2 Å². The van der Waals surface area contributed by atoms with Crippen LogP contribution < -0.4 is 9.47 Å². The fraction of sp³-hybridized carbons (Fsp3) is 0.455. The Morgan fingerprint density at radius 2 is 1.65 bits per heavy atom. The maximum absolute atomic E-state index is 11.5. The number of aliphatic hydroxyl groups is 1. The van der Waals surface area contributed by atoms with Crippen molar-refractivity contribution in [1.82, 2.24) is 4.90 Å². The molecule has 26 heavy (non-hydrogen) atoms. The van der Waals surface area contributed by atoms with Gasteiger partial charge in [0.1, 0.15) is 0 Å². The average molecular weight is 357 g/mol. The van der Waals surface area contributed by atoms with E-state index in [1.807, 2.05) is 48.5 Å². The summed E-state index contributed by atoms with van der Waals surface area (Å²) in [6.45, 7) is 0.956. The number of rotatable bonds is 10. The van der Waals surface area contributed by atoms with Crippen LogP contribution in [0.5, 0.6) is 11.5 Å². The molecule has 0 aromatic heterocycles. The Morgan fingerprint density at radius 3 is 2.27 bits per heavy atom. The predicted octanol–water partition coefficient (Wildman–Crippen LogP) is 3.87. The highest BCUT2D eigenvalue weighted by atomic mass is 16.5. The number of ether oxygens (including phenoxy) is 2. The van der Waals surface area contributed by atoms with Crippen LogP contribution in [0, 0.1) is 0 Å². The Balaban J connectivity index is 2.20. The van der Waals surface area contributed by atoms with Gasteiger partial charge >= 0.3 is 0 Å². The van der Waals surface area contributed by atoms with Gasteiger partial charge in [-0.2, -0.15) is 0 Å². The molecule has 1 N–H and O–H groups in total. The van der Waals surface area contributed by atoms with E-state index in [2.05, 4.69) is 19.0 Å². The maximum Gasteiger partial charge on any atom is 0.163 e. The number of nitrogens with zero attached hydrogens (tertiary/aromatic N) is 1. The molecule has 0 saturated heterocycles. The van der Waals surface area contributed by atoms with E-state index in [4.69, 9.17) is 9.47 Å². The molecule has 4 nitrogen and oxygen atoms in total. The SMILES string of the molecule is COc1cccc(CCC(O)(CCCN(C)C)c2ccccc2)c1OC. The summed E-state index contributed by atoms with van der Waals surface area (Å²) in [5.74, 6) is 1.47. The first-order valence-electron chi connectivity index (χ1n) is 9.12. The molecule has 0 spiro atoms. The van der Waals surface area contributed by atoms with E-state index in [-0.39, 0.29) is 0 Å². The Labute approximate surface area is 157 Å². The second-order valence-electron chi connectivity index (χ2n) is 6.96. The second-order valence-corrected chi connectivity index (χ2v) is 6.96. The van der Waals surface area contributed by atoms with Gasteiger partial charge in [-0.25, -0.2) is 0 Å². The summed E-state index contributed by atoms with van der Waals surface area (Å²) in [4.78, 5) is 2.15. The van der Waals surface area contributed by atoms with E-state index in [9.17, 15) is 5.11 Å². The lowest BCUT2D eigenvalue weighted by molar-refractivity contribution is 0.0151. The van der Waals surface area contributed by atoms with Gasteiger partial charge in [0.2, 0.25) is 0 Å². The molecule has 4 heteroatoms. The van der Waals surface area contributed by atoms with Crippen LogP contribution in [0.2, 0.25) is 0 Å². The van der Waals surface area contributed by atoms with Crippen LogP contribution in [0.3, 0.4) is 0 Å². The van der Waals surface area contributed by atoms with Crippen molar-refractivity contribution in [2.45, 2.75) is 31.3 Å². The maximum atomic E-state index is 11.5. The largest absolute Gasteiger partial charge is 0.493 e. The van der Waals surface area contributed by atoms with Crippen molar-refractivity contribution >= 4 is 0 Å². The summed E-state index contributed by atoms with van der Waals surface area (Å²) < 4.78 is 10.9. The zero-order chi connectivity index (χ0) is 19.0. The second kappa shape index (κ2) is 9.60. The first-order valence-corrected chi connectivity index (χ1v) is 9.12. The Kier molecular flexibility index (Phi) is 7.49. The normalized spacial score (nSPS) is 13.5. The number of para-hydroxylation sites is 1. The molecule has 1 unspecified atom stereocenters. The fourth-order valence-electron chi connectivity index (χ4n) is 3.34. The molecule has 0 saturated carbocycles. The molecule has 2 aromatic rings. The lowest BCUT2D eigenvalue weighted by Gasteiger charge is -2.30. The van der Waals surface area contributed by atoms with E-state index in [1.165, 1.54) is 0 Å². The molecule has 0 aliphatic heterocycles. The summed E-state index contributed by atoms with van der Waals surface area (Å²) in [7, 11) is 7.41. The number of aryl methyl sites for hydroxylation is 1. The van der Waals surface area contributed by atoms with E-state index >= 15 is 0 Å². The van der Waals surface area contributed by atoms with Crippen molar-refractivity contribution in [3.05, 3.63) is 59.7 Å². The molecular weight excluding hydrogens is 326 g/mol. The smallest absolute Gasteiger partial charge is 0.163 e. The zero-order valence-corrected chi connectivity index (χ0v) is 16.4. The van der Waals surface area contributed by atoms with Gasteiger partial charge in [0.05, 0.1) is 19.8 Å². The van der Waals surface area contributed by atoms with Crippen LogP contribution in [-0.4, -0.2) is 44.9 Å². The van der Waals surface area contributed by atoms with Crippen LogP contribution in [-0.2, 0) is 12.0 Å². The molecule has 2 rings (SSSR count). The van der Waals surface area contributed by atoms with Gasteiger partial charge in [-0.1, -0.05) is 42.5 Å². The first-order chi connectivity index (χ1) is 12.5. The van der Waals surface area contributed by atoms with Crippen LogP contribution in [0.4, 0.5) is 0 Å². The van der Waals surface area contributed by atoms with E-state index < -0.39 is 5.60 Å². The van der Waals surface area contributed by atoms with Crippen LogP contribution in [0.15, 0.2) is 48.5 Å². The highest BCUT2D eigenvalue weighted by Gasteiger charge is 2.29. The van der Waals surface area contributed by atoms with E-state index in [0.29, 0.717) is 12.8 Å². The molecular formula is C22H31NO3. The minimum Gasteiger partial charge on any atom is -0.493 e.